The molecule has 4 heteroatoms. The number of rotatable bonds is 4. The minimum Gasteiger partial charge on any atom is -0.381 e. The zero-order valence-electron chi connectivity index (χ0n) is 8.25. The van der Waals surface area contributed by atoms with E-state index in [0.29, 0.717) is 0 Å². The SMILES string of the molecule is CCC(Cc1c(Br)cnn1C)OC. The third kappa shape index (κ3) is 2.54. The lowest BCUT2D eigenvalue weighted by atomic mass is 10.1. The van der Waals surface area contributed by atoms with Crippen LogP contribution in [0, 0.1) is 0 Å². The summed E-state index contributed by atoms with van der Waals surface area (Å²) in [5, 5.41) is 4.15. The van der Waals surface area contributed by atoms with Gasteiger partial charge in [0.05, 0.1) is 22.5 Å². The summed E-state index contributed by atoms with van der Waals surface area (Å²) in [6.07, 6.45) is 4.03. The fraction of sp³-hybridized carbons (Fsp3) is 0.667. The van der Waals surface area contributed by atoms with Gasteiger partial charge in [-0.25, -0.2) is 0 Å². The summed E-state index contributed by atoms with van der Waals surface area (Å²) in [7, 11) is 3.70. The normalized spacial score (nSPS) is 13.2. The molecule has 0 saturated carbocycles. The van der Waals surface area contributed by atoms with Gasteiger partial charge >= 0.3 is 0 Å². The highest BCUT2D eigenvalue weighted by Crippen LogP contribution is 2.18. The molecule has 0 aromatic carbocycles. The van der Waals surface area contributed by atoms with Gasteiger partial charge in [0.15, 0.2) is 0 Å². The Hall–Kier alpha value is -0.350. The van der Waals surface area contributed by atoms with Crippen molar-refractivity contribution in [1.82, 2.24) is 9.78 Å². The summed E-state index contributed by atoms with van der Waals surface area (Å²) in [6.45, 7) is 2.12. The van der Waals surface area contributed by atoms with Gasteiger partial charge in [0, 0.05) is 20.6 Å². The lowest BCUT2D eigenvalue weighted by molar-refractivity contribution is 0.0980. The second-order valence-electron chi connectivity index (χ2n) is 3.03. The van der Waals surface area contributed by atoms with E-state index in [-0.39, 0.29) is 6.10 Å². The van der Waals surface area contributed by atoms with Crippen molar-refractivity contribution >= 4 is 15.9 Å². The quantitative estimate of drug-likeness (QED) is 0.815. The van der Waals surface area contributed by atoms with Crippen molar-refractivity contribution in [3.8, 4) is 0 Å². The highest BCUT2D eigenvalue weighted by atomic mass is 79.9. The zero-order chi connectivity index (χ0) is 9.84. The Labute approximate surface area is 87.2 Å². The molecule has 0 N–H and O–H groups in total. The maximum Gasteiger partial charge on any atom is 0.0635 e. The summed E-state index contributed by atoms with van der Waals surface area (Å²) in [6, 6.07) is 0. The van der Waals surface area contributed by atoms with Crippen molar-refractivity contribution in [2.24, 2.45) is 7.05 Å². The second kappa shape index (κ2) is 4.77. The third-order valence-corrected chi connectivity index (χ3v) is 2.88. The van der Waals surface area contributed by atoms with E-state index >= 15 is 0 Å². The number of methoxy groups -OCH3 is 1. The van der Waals surface area contributed by atoms with Gasteiger partial charge in [-0.2, -0.15) is 5.10 Å². The summed E-state index contributed by atoms with van der Waals surface area (Å²) in [5.41, 5.74) is 1.19. The molecular weight excluding hydrogens is 232 g/mol. The first-order valence-electron chi connectivity index (χ1n) is 4.38. The number of nitrogens with zero attached hydrogens (tertiary/aromatic N) is 2. The van der Waals surface area contributed by atoms with Crippen molar-refractivity contribution in [3.63, 3.8) is 0 Å². The molecule has 0 fully saturated rings. The van der Waals surface area contributed by atoms with Crippen LogP contribution in [0.4, 0.5) is 0 Å². The Bertz CT molecular complexity index is 249. The standard InChI is InChI=1S/C9H15BrN2O/c1-4-7(13-3)5-9-8(10)6-11-12(9)2/h6-7H,4-5H2,1-3H3. The molecule has 1 atom stereocenters. The van der Waals surface area contributed by atoms with Crippen LogP contribution in [0.1, 0.15) is 19.0 Å². The first-order chi connectivity index (χ1) is 6.19. The predicted molar refractivity (Wildman–Crippen MR) is 55.7 cm³/mol. The molecule has 0 radical (unpaired) electrons. The Morgan fingerprint density at radius 3 is 2.77 bits per heavy atom. The van der Waals surface area contributed by atoms with Gasteiger partial charge in [-0.3, -0.25) is 4.68 Å². The summed E-state index contributed by atoms with van der Waals surface area (Å²) in [4.78, 5) is 0. The van der Waals surface area contributed by atoms with Crippen molar-refractivity contribution in [2.45, 2.75) is 25.9 Å². The molecule has 3 nitrogen and oxygen atoms in total. The van der Waals surface area contributed by atoms with Crippen LogP contribution in [0.25, 0.3) is 0 Å². The first kappa shape index (κ1) is 10.7. The van der Waals surface area contributed by atoms with Gasteiger partial charge in [0.1, 0.15) is 0 Å². The van der Waals surface area contributed by atoms with Gasteiger partial charge in [-0.15, -0.1) is 0 Å². The Balaban J connectivity index is 2.72. The second-order valence-corrected chi connectivity index (χ2v) is 3.89. The minimum atomic E-state index is 0.284. The number of ether oxygens (including phenoxy) is 1. The molecule has 1 rings (SSSR count). The van der Waals surface area contributed by atoms with E-state index in [1.807, 2.05) is 17.9 Å². The van der Waals surface area contributed by atoms with Gasteiger partial charge in [0.2, 0.25) is 0 Å². The van der Waals surface area contributed by atoms with Gasteiger partial charge < -0.3 is 4.74 Å². The smallest absolute Gasteiger partial charge is 0.0635 e. The average molecular weight is 247 g/mol. The van der Waals surface area contributed by atoms with Crippen LogP contribution >= 0.6 is 15.9 Å². The minimum absolute atomic E-state index is 0.284. The molecule has 0 aliphatic carbocycles. The van der Waals surface area contributed by atoms with Gasteiger partial charge in [-0.1, -0.05) is 6.92 Å². The van der Waals surface area contributed by atoms with Crippen molar-refractivity contribution in [3.05, 3.63) is 16.4 Å². The van der Waals surface area contributed by atoms with Crippen LogP contribution in [0.3, 0.4) is 0 Å². The molecule has 1 unspecified atom stereocenters. The van der Waals surface area contributed by atoms with Crippen LogP contribution < -0.4 is 0 Å². The number of aromatic nitrogens is 2. The fourth-order valence-electron chi connectivity index (χ4n) is 1.28. The molecule has 0 saturated heterocycles. The highest BCUT2D eigenvalue weighted by Gasteiger charge is 2.11. The van der Waals surface area contributed by atoms with Crippen molar-refractivity contribution < 1.29 is 4.74 Å². The molecule has 0 spiro atoms. The predicted octanol–water partition coefficient (Wildman–Crippen LogP) is 2.15. The molecule has 1 aromatic heterocycles. The summed E-state index contributed by atoms with van der Waals surface area (Å²) >= 11 is 3.47. The lowest BCUT2D eigenvalue weighted by Gasteiger charge is -2.13. The molecule has 74 valence electrons. The van der Waals surface area contributed by atoms with E-state index in [9.17, 15) is 0 Å². The number of halogens is 1. The molecular formula is C9H15BrN2O. The zero-order valence-corrected chi connectivity index (χ0v) is 9.84. The van der Waals surface area contributed by atoms with E-state index in [1.165, 1.54) is 5.69 Å². The number of hydrogen-bond acceptors (Lipinski definition) is 2. The summed E-state index contributed by atoms with van der Waals surface area (Å²) in [5.74, 6) is 0. The van der Waals surface area contributed by atoms with Crippen molar-refractivity contribution in [1.29, 1.82) is 0 Å². The van der Waals surface area contributed by atoms with E-state index in [4.69, 9.17) is 4.74 Å². The number of aryl methyl sites for hydroxylation is 1. The van der Waals surface area contributed by atoms with E-state index in [0.717, 1.165) is 17.3 Å². The van der Waals surface area contributed by atoms with Crippen LogP contribution in [-0.2, 0) is 18.2 Å². The van der Waals surface area contributed by atoms with Gasteiger partial charge in [-0.05, 0) is 22.4 Å². The van der Waals surface area contributed by atoms with Crippen LogP contribution in [0.15, 0.2) is 10.7 Å². The molecule has 1 heterocycles. The first-order valence-corrected chi connectivity index (χ1v) is 5.17. The van der Waals surface area contributed by atoms with Crippen LogP contribution in [0.5, 0.6) is 0 Å². The van der Waals surface area contributed by atoms with E-state index in [1.54, 1.807) is 7.11 Å². The Morgan fingerprint density at radius 1 is 1.69 bits per heavy atom. The van der Waals surface area contributed by atoms with Crippen LogP contribution in [-0.4, -0.2) is 23.0 Å². The van der Waals surface area contributed by atoms with E-state index in [2.05, 4.69) is 28.0 Å². The van der Waals surface area contributed by atoms with Crippen molar-refractivity contribution in [2.75, 3.05) is 7.11 Å². The molecule has 1 aromatic rings. The van der Waals surface area contributed by atoms with Gasteiger partial charge in [0.25, 0.3) is 0 Å². The third-order valence-electron chi connectivity index (χ3n) is 2.22. The average Bonchev–Trinajstić information content (AvgIpc) is 2.44. The molecule has 0 amide bonds. The molecule has 13 heavy (non-hydrogen) atoms. The maximum atomic E-state index is 5.32. The largest absolute Gasteiger partial charge is 0.381 e. The monoisotopic (exact) mass is 246 g/mol. The highest BCUT2D eigenvalue weighted by molar-refractivity contribution is 9.10. The number of hydrogen-bond donors (Lipinski definition) is 0. The topological polar surface area (TPSA) is 27.1 Å². The molecule has 0 bridgehead atoms. The summed E-state index contributed by atoms with van der Waals surface area (Å²) < 4.78 is 8.26. The van der Waals surface area contributed by atoms with Crippen LogP contribution in [0.2, 0.25) is 0 Å². The maximum absolute atomic E-state index is 5.32. The fourth-order valence-corrected chi connectivity index (χ4v) is 1.79. The molecule has 0 aliphatic rings. The molecule has 0 aliphatic heterocycles. The Morgan fingerprint density at radius 2 is 2.38 bits per heavy atom. The van der Waals surface area contributed by atoms with E-state index < -0.39 is 0 Å². The Kier molecular flexibility index (Phi) is 3.93. The lowest BCUT2D eigenvalue weighted by Crippen LogP contribution is -2.15.